The highest BCUT2D eigenvalue weighted by molar-refractivity contribution is 7.12. The Hall–Kier alpha value is -0.790. The maximum Gasteiger partial charge on any atom is 0.0930 e. The summed E-state index contributed by atoms with van der Waals surface area (Å²) in [6.45, 7) is 13.3. The summed E-state index contributed by atoms with van der Waals surface area (Å²) in [5.41, 5.74) is 5.37. The van der Waals surface area contributed by atoms with Crippen LogP contribution in [0.2, 0.25) is 0 Å². The van der Waals surface area contributed by atoms with Crippen LogP contribution in [0.1, 0.15) is 76.9 Å². The van der Waals surface area contributed by atoms with Crippen LogP contribution in [0, 0.1) is 13.8 Å². The molecule has 0 saturated heterocycles. The van der Waals surface area contributed by atoms with Crippen LogP contribution < -0.4 is 0 Å². The lowest BCUT2D eigenvalue weighted by Crippen LogP contribution is -2.02. The largest absolute Gasteiger partial charge is 0.143 e. The molecule has 2 heteroatoms. The van der Waals surface area contributed by atoms with E-state index in [9.17, 15) is 0 Å². The Labute approximate surface area is 138 Å². The zero-order chi connectivity index (χ0) is 15.7. The van der Waals surface area contributed by atoms with Crippen LogP contribution in [-0.4, -0.2) is 0 Å². The minimum atomic E-state index is -0.0407. The molecule has 0 aliphatic rings. The smallest absolute Gasteiger partial charge is 0.0930 e. The maximum absolute atomic E-state index is 6.81. The number of hydrogen-bond acceptors (Lipinski definition) is 1. The molecule has 0 fully saturated rings. The fourth-order valence-electron chi connectivity index (χ4n) is 2.56. The number of aryl methyl sites for hydroxylation is 2. The predicted molar refractivity (Wildman–Crippen MR) is 96.1 cm³/mol. The third-order valence-corrected chi connectivity index (χ3v) is 5.92. The van der Waals surface area contributed by atoms with Crippen molar-refractivity contribution in [3.8, 4) is 0 Å². The van der Waals surface area contributed by atoms with Crippen molar-refractivity contribution >= 4 is 22.9 Å². The summed E-state index contributed by atoms with van der Waals surface area (Å²) in [4.78, 5) is 2.62. The van der Waals surface area contributed by atoms with E-state index in [1.807, 2.05) is 11.3 Å². The van der Waals surface area contributed by atoms with Crippen LogP contribution in [-0.2, 0) is 0 Å². The summed E-state index contributed by atoms with van der Waals surface area (Å²) in [5, 5.41) is -0.0407. The molecule has 0 radical (unpaired) electrons. The Bertz CT molecular complexity index is 603. The van der Waals surface area contributed by atoms with Gasteiger partial charge in [0, 0.05) is 9.75 Å². The molecule has 0 amide bonds. The van der Waals surface area contributed by atoms with E-state index in [0.29, 0.717) is 11.8 Å². The van der Waals surface area contributed by atoms with Crippen molar-refractivity contribution in [3.05, 3.63) is 56.3 Å². The van der Waals surface area contributed by atoms with Crippen molar-refractivity contribution in [3.63, 3.8) is 0 Å². The fraction of sp³-hybridized carbons (Fsp3) is 0.474. The Morgan fingerprint density at radius 2 is 1.57 bits per heavy atom. The van der Waals surface area contributed by atoms with Gasteiger partial charge in [-0.1, -0.05) is 45.9 Å². The summed E-state index contributed by atoms with van der Waals surface area (Å²) >= 11 is 8.62. The number of rotatable bonds is 4. The monoisotopic (exact) mass is 320 g/mol. The van der Waals surface area contributed by atoms with Crippen LogP contribution in [0.15, 0.2) is 24.3 Å². The number of alkyl halides is 1. The van der Waals surface area contributed by atoms with Crippen molar-refractivity contribution in [2.75, 3.05) is 0 Å². The van der Waals surface area contributed by atoms with E-state index in [2.05, 4.69) is 65.8 Å². The summed E-state index contributed by atoms with van der Waals surface area (Å²) in [5.74, 6) is 1.04. The molecule has 2 rings (SSSR count). The average Bonchev–Trinajstić information content (AvgIpc) is 2.77. The highest BCUT2D eigenvalue weighted by Gasteiger charge is 2.19. The van der Waals surface area contributed by atoms with Crippen molar-refractivity contribution in [1.82, 2.24) is 0 Å². The third-order valence-electron chi connectivity index (χ3n) is 4.11. The fourth-order valence-corrected chi connectivity index (χ4v) is 4.00. The first-order valence-electron chi connectivity index (χ1n) is 7.66. The molecular formula is C19H25ClS. The van der Waals surface area contributed by atoms with Gasteiger partial charge in [-0.15, -0.1) is 22.9 Å². The van der Waals surface area contributed by atoms with Crippen LogP contribution >= 0.6 is 22.9 Å². The molecule has 0 nitrogen and oxygen atoms in total. The van der Waals surface area contributed by atoms with Gasteiger partial charge in [-0.05, 0) is 54.0 Å². The molecule has 2 aromatic rings. The number of benzene rings is 1. The van der Waals surface area contributed by atoms with Gasteiger partial charge >= 0.3 is 0 Å². The van der Waals surface area contributed by atoms with Crippen LogP contribution in [0.3, 0.4) is 0 Å². The van der Waals surface area contributed by atoms with Gasteiger partial charge in [0.05, 0.1) is 5.38 Å². The quantitative estimate of drug-likeness (QED) is 0.535. The molecule has 1 aromatic heterocycles. The number of thiophene rings is 1. The van der Waals surface area contributed by atoms with E-state index in [4.69, 9.17) is 11.6 Å². The third kappa shape index (κ3) is 3.52. The Morgan fingerprint density at radius 3 is 2.05 bits per heavy atom. The van der Waals surface area contributed by atoms with Crippen LogP contribution in [0.4, 0.5) is 0 Å². The maximum atomic E-state index is 6.81. The summed E-state index contributed by atoms with van der Waals surface area (Å²) in [7, 11) is 0. The zero-order valence-corrected chi connectivity index (χ0v) is 15.4. The first-order chi connectivity index (χ1) is 9.81. The minimum Gasteiger partial charge on any atom is -0.143 e. The van der Waals surface area contributed by atoms with E-state index >= 15 is 0 Å². The van der Waals surface area contributed by atoms with Crippen molar-refractivity contribution in [1.29, 1.82) is 0 Å². The van der Waals surface area contributed by atoms with Gasteiger partial charge in [0.1, 0.15) is 0 Å². The Morgan fingerprint density at radius 1 is 0.905 bits per heavy atom. The van der Waals surface area contributed by atoms with E-state index in [0.717, 1.165) is 0 Å². The normalized spacial score (nSPS) is 13.2. The zero-order valence-electron chi connectivity index (χ0n) is 13.8. The lowest BCUT2D eigenvalue weighted by molar-refractivity contribution is 0.819. The molecule has 114 valence electrons. The van der Waals surface area contributed by atoms with E-state index in [1.54, 1.807) is 0 Å². The van der Waals surface area contributed by atoms with Gasteiger partial charge in [-0.25, -0.2) is 0 Å². The molecule has 0 spiro atoms. The lowest BCUT2D eigenvalue weighted by Gasteiger charge is -2.19. The second kappa shape index (κ2) is 6.54. The highest BCUT2D eigenvalue weighted by atomic mass is 35.5. The van der Waals surface area contributed by atoms with E-state index in [-0.39, 0.29) is 5.38 Å². The summed E-state index contributed by atoms with van der Waals surface area (Å²) < 4.78 is 0. The predicted octanol–water partition coefficient (Wildman–Crippen LogP) is 6.94. The van der Waals surface area contributed by atoms with Gasteiger partial charge in [0.15, 0.2) is 0 Å². The van der Waals surface area contributed by atoms with E-state index in [1.165, 1.54) is 32.0 Å². The second-order valence-corrected chi connectivity index (χ2v) is 8.17. The topological polar surface area (TPSA) is 0 Å². The van der Waals surface area contributed by atoms with Crippen LogP contribution in [0.5, 0.6) is 0 Å². The minimum absolute atomic E-state index is 0.0407. The first kappa shape index (κ1) is 16.6. The van der Waals surface area contributed by atoms with Gasteiger partial charge in [0.2, 0.25) is 0 Å². The average molecular weight is 321 g/mol. The van der Waals surface area contributed by atoms with Crippen molar-refractivity contribution in [2.45, 2.75) is 58.8 Å². The lowest BCUT2D eigenvalue weighted by atomic mass is 9.90. The SMILES string of the molecule is Cc1cc(C(Cl)c2ccc(C(C)C)cc2C(C)C)sc1C. The van der Waals surface area contributed by atoms with Gasteiger partial charge in [-0.3, -0.25) is 0 Å². The van der Waals surface area contributed by atoms with Gasteiger partial charge in [0.25, 0.3) is 0 Å². The molecule has 0 N–H and O–H groups in total. The molecule has 1 unspecified atom stereocenters. The Kier molecular flexibility index (Phi) is 5.16. The number of hydrogen-bond donors (Lipinski definition) is 0. The molecule has 1 heterocycles. The summed E-state index contributed by atoms with van der Waals surface area (Å²) in [6, 6.07) is 9.03. The van der Waals surface area contributed by atoms with Crippen LogP contribution in [0.25, 0.3) is 0 Å². The molecule has 0 aliphatic heterocycles. The second-order valence-electron chi connectivity index (χ2n) is 6.45. The molecule has 0 saturated carbocycles. The molecule has 1 aromatic carbocycles. The van der Waals surface area contributed by atoms with Gasteiger partial charge < -0.3 is 0 Å². The van der Waals surface area contributed by atoms with Crippen molar-refractivity contribution in [2.24, 2.45) is 0 Å². The van der Waals surface area contributed by atoms with Gasteiger partial charge in [-0.2, -0.15) is 0 Å². The molecule has 0 aliphatic carbocycles. The van der Waals surface area contributed by atoms with Crippen molar-refractivity contribution < 1.29 is 0 Å². The number of halogens is 1. The summed E-state index contributed by atoms with van der Waals surface area (Å²) in [6.07, 6.45) is 0. The standard InChI is InChI=1S/C19H25ClS/c1-11(2)15-7-8-16(17(10-15)12(3)4)19(20)18-9-13(5)14(6)21-18/h7-12,19H,1-6H3. The first-order valence-corrected chi connectivity index (χ1v) is 8.91. The molecular weight excluding hydrogens is 296 g/mol. The van der Waals surface area contributed by atoms with E-state index < -0.39 is 0 Å². The molecule has 21 heavy (non-hydrogen) atoms. The molecule has 1 atom stereocenters. The highest BCUT2D eigenvalue weighted by Crippen LogP contribution is 2.39. The molecule has 0 bridgehead atoms. The Balaban J connectivity index is 2.47.